The molecule has 280 valence electrons. The molecule has 7 aromatic carbocycles. The van der Waals surface area contributed by atoms with E-state index in [1.807, 2.05) is 42.7 Å². The molecule has 0 N–H and O–H groups in total. The highest BCUT2D eigenvalue weighted by molar-refractivity contribution is 6.08. The monoisotopic (exact) mass is 766 g/mol. The van der Waals surface area contributed by atoms with Gasteiger partial charge in [-0.15, -0.1) is 0 Å². The average molecular weight is 767 g/mol. The van der Waals surface area contributed by atoms with Gasteiger partial charge < -0.3 is 9.13 Å². The third-order valence-corrected chi connectivity index (χ3v) is 11.6. The topological polar surface area (TPSA) is 61.4 Å². The molecule has 0 saturated heterocycles. The Bertz CT molecular complexity index is 3360. The van der Waals surface area contributed by atoms with Gasteiger partial charge in [-0.3, -0.25) is 9.97 Å². The van der Waals surface area contributed by atoms with Crippen LogP contribution in [0.15, 0.2) is 207 Å². The molecule has 0 spiro atoms. The summed E-state index contributed by atoms with van der Waals surface area (Å²) < 4.78 is 4.64. The zero-order chi connectivity index (χ0) is 39.6. The first kappa shape index (κ1) is 33.9. The van der Waals surface area contributed by atoms with Gasteiger partial charge >= 0.3 is 0 Å². The maximum absolute atomic E-state index is 5.34. The number of para-hydroxylation sites is 2. The Morgan fingerprint density at radius 2 is 0.850 bits per heavy atom. The molecule has 12 rings (SSSR count). The zero-order valence-corrected chi connectivity index (χ0v) is 32.3. The standard InChI is InChI=1S/C54H34N6/c1-2-14-38(15-3-1)54-57-46(37-27-25-36(26-28-37)43-20-10-16-35-13-4-5-17-42(35)43)34-47(58-54)39-31-40(59-48-21-8-6-18-44(48)52-50(59)23-11-29-55-52)33-41(32-39)60-49-22-9-7-19-45(49)53-51(60)24-12-30-56-53/h1-34H. The Balaban J connectivity index is 1.11. The fraction of sp³-hybridized carbons (Fsp3) is 0. The van der Waals surface area contributed by atoms with Crippen molar-refractivity contribution in [2.45, 2.75) is 0 Å². The van der Waals surface area contributed by atoms with Gasteiger partial charge in [-0.1, -0.05) is 133 Å². The van der Waals surface area contributed by atoms with Crippen LogP contribution in [-0.2, 0) is 0 Å². The largest absolute Gasteiger partial charge is 0.308 e. The third kappa shape index (κ3) is 5.50. The number of hydrogen-bond acceptors (Lipinski definition) is 4. The van der Waals surface area contributed by atoms with Crippen LogP contribution < -0.4 is 0 Å². The lowest BCUT2D eigenvalue weighted by Gasteiger charge is -2.16. The van der Waals surface area contributed by atoms with Crippen molar-refractivity contribution in [2.24, 2.45) is 0 Å². The first-order chi connectivity index (χ1) is 29.7. The molecule has 0 saturated carbocycles. The van der Waals surface area contributed by atoms with E-state index in [0.29, 0.717) is 5.82 Å². The lowest BCUT2D eigenvalue weighted by atomic mass is 9.97. The second-order valence-corrected chi connectivity index (χ2v) is 15.1. The molecule has 0 radical (unpaired) electrons. The summed E-state index contributed by atoms with van der Waals surface area (Å²) in [7, 11) is 0. The molecule has 0 fully saturated rings. The van der Waals surface area contributed by atoms with Crippen LogP contribution in [0.2, 0.25) is 0 Å². The minimum atomic E-state index is 0.662. The maximum atomic E-state index is 5.34. The summed E-state index contributed by atoms with van der Waals surface area (Å²) in [6.07, 6.45) is 3.74. The van der Waals surface area contributed by atoms with Gasteiger partial charge in [0.15, 0.2) is 5.82 Å². The zero-order valence-electron chi connectivity index (χ0n) is 32.3. The molecule has 0 aliphatic carbocycles. The van der Waals surface area contributed by atoms with E-state index in [2.05, 4.69) is 173 Å². The fourth-order valence-electron chi connectivity index (χ4n) is 8.88. The molecule has 12 aromatic rings. The third-order valence-electron chi connectivity index (χ3n) is 11.6. The van der Waals surface area contributed by atoms with E-state index in [1.54, 1.807) is 0 Å². The van der Waals surface area contributed by atoms with Crippen LogP contribution in [0, 0.1) is 0 Å². The number of benzene rings is 7. The van der Waals surface area contributed by atoms with Crippen LogP contribution in [0.3, 0.4) is 0 Å². The van der Waals surface area contributed by atoms with Crippen molar-refractivity contribution in [3.63, 3.8) is 0 Å². The molecule has 5 aromatic heterocycles. The summed E-state index contributed by atoms with van der Waals surface area (Å²) in [6, 6.07) is 68.2. The highest BCUT2D eigenvalue weighted by Crippen LogP contribution is 2.38. The Morgan fingerprint density at radius 3 is 1.50 bits per heavy atom. The summed E-state index contributed by atoms with van der Waals surface area (Å²) in [5.74, 6) is 0.662. The van der Waals surface area contributed by atoms with Gasteiger partial charge in [0.05, 0.1) is 44.5 Å². The number of aromatic nitrogens is 6. The van der Waals surface area contributed by atoms with Crippen molar-refractivity contribution in [3.05, 3.63) is 207 Å². The van der Waals surface area contributed by atoms with E-state index in [-0.39, 0.29) is 0 Å². The van der Waals surface area contributed by atoms with Crippen LogP contribution in [0.5, 0.6) is 0 Å². The second kappa shape index (κ2) is 13.7. The lowest BCUT2D eigenvalue weighted by Crippen LogP contribution is -2.02. The van der Waals surface area contributed by atoms with Crippen LogP contribution in [0.1, 0.15) is 0 Å². The van der Waals surface area contributed by atoms with E-state index in [9.17, 15) is 0 Å². The Kier molecular flexibility index (Phi) is 7.74. The maximum Gasteiger partial charge on any atom is 0.160 e. The molecular weight excluding hydrogens is 733 g/mol. The van der Waals surface area contributed by atoms with Gasteiger partial charge in [0.25, 0.3) is 0 Å². The number of nitrogens with zero attached hydrogens (tertiary/aromatic N) is 6. The molecule has 5 heterocycles. The Hall–Kier alpha value is -8.22. The molecule has 6 nitrogen and oxygen atoms in total. The van der Waals surface area contributed by atoms with E-state index in [0.717, 1.165) is 88.9 Å². The second-order valence-electron chi connectivity index (χ2n) is 15.1. The van der Waals surface area contributed by atoms with Crippen molar-refractivity contribution in [1.29, 1.82) is 0 Å². The smallest absolute Gasteiger partial charge is 0.160 e. The average Bonchev–Trinajstić information content (AvgIpc) is 3.85. The predicted molar refractivity (Wildman–Crippen MR) is 246 cm³/mol. The molecular formula is C54H34N6. The molecule has 60 heavy (non-hydrogen) atoms. The Morgan fingerprint density at radius 1 is 0.333 bits per heavy atom. The summed E-state index contributed by atoms with van der Waals surface area (Å²) >= 11 is 0. The molecule has 0 unspecified atom stereocenters. The summed E-state index contributed by atoms with van der Waals surface area (Å²) in [5, 5.41) is 4.66. The number of pyridine rings is 2. The van der Waals surface area contributed by atoms with Crippen LogP contribution in [-0.4, -0.2) is 29.1 Å². The van der Waals surface area contributed by atoms with Gasteiger partial charge in [0, 0.05) is 51.2 Å². The fourth-order valence-corrected chi connectivity index (χ4v) is 8.88. The van der Waals surface area contributed by atoms with Crippen molar-refractivity contribution in [1.82, 2.24) is 29.1 Å². The normalized spacial score (nSPS) is 11.7. The summed E-state index contributed by atoms with van der Waals surface area (Å²) in [4.78, 5) is 20.3. The first-order valence-corrected chi connectivity index (χ1v) is 20.1. The van der Waals surface area contributed by atoms with Gasteiger partial charge in [-0.25, -0.2) is 9.97 Å². The van der Waals surface area contributed by atoms with Crippen molar-refractivity contribution < 1.29 is 0 Å². The number of rotatable bonds is 6. The van der Waals surface area contributed by atoms with Crippen LogP contribution in [0.25, 0.3) is 111 Å². The van der Waals surface area contributed by atoms with Crippen molar-refractivity contribution in [3.8, 4) is 56.4 Å². The van der Waals surface area contributed by atoms with Gasteiger partial charge in [0.2, 0.25) is 0 Å². The molecule has 0 atom stereocenters. The van der Waals surface area contributed by atoms with Gasteiger partial charge in [-0.2, -0.15) is 0 Å². The van der Waals surface area contributed by atoms with Crippen LogP contribution >= 0.6 is 0 Å². The van der Waals surface area contributed by atoms with E-state index in [4.69, 9.17) is 19.9 Å². The number of fused-ring (bicyclic) bond motifs is 7. The van der Waals surface area contributed by atoms with E-state index < -0.39 is 0 Å². The minimum absolute atomic E-state index is 0.662. The summed E-state index contributed by atoms with van der Waals surface area (Å²) in [6.45, 7) is 0. The summed E-state index contributed by atoms with van der Waals surface area (Å²) in [5.41, 5.74) is 15.1. The quantitative estimate of drug-likeness (QED) is 0.169. The van der Waals surface area contributed by atoms with Gasteiger partial charge in [0.1, 0.15) is 0 Å². The highest BCUT2D eigenvalue weighted by atomic mass is 15.0. The first-order valence-electron chi connectivity index (χ1n) is 20.1. The van der Waals surface area contributed by atoms with E-state index >= 15 is 0 Å². The van der Waals surface area contributed by atoms with E-state index in [1.165, 1.54) is 16.3 Å². The van der Waals surface area contributed by atoms with Crippen molar-refractivity contribution in [2.75, 3.05) is 0 Å². The number of hydrogen-bond donors (Lipinski definition) is 0. The lowest BCUT2D eigenvalue weighted by molar-refractivity contribution is 1.12. The van der Waals surface area contributed by atoms with Crippen molar-refractivity contribution >= 4 is 54.6 Å². The molecule has 0 aliphatic rings. The predicted octanol–water partition coefficient (Wildman–Crippen LogP) is 13.3. The molecule has 0 amide bonds. The SMILES string of the molecule is c1ccc(-c2nc(-c3ccc(-c4cccc5ccccc45)cc3)cc(-c3cc(-n4c5ccccc5c5ncccc54)cc(-n4c5ccccc5c5ncccc54)c3)n2)cc1. The Labute approximate surface area is 345 Å². The van der Waals surface area contributed by atoms with Gasteiger partial charge in [-0.05, 0) is 82.6 Å². The highest BCUT2D eigenvalue weighted by Gasteiger charge is 2.20. The van der Waals surface area contributed by atoms with Crippen LogP contribution in [0.4, 0.5) is 0 Å². The molecule has 0 bridgehead atoms. The molecule has 6 heteroatoms. The minimum Gasteiger partial charge on any atom is -0.308 e. The molecule has 0 aliphatic heterocycles.